The first-order valence-corrected chi connectivity index (χ1v) is 13.2. The molecule has 0 radical (unpaired) electrons. The molecule has 0 saturated heterocycles. The smallest absolute Gasteiger partial charge is 0.358 e. The van der Waals surface area contributed by atoms with Gasteiger partial charge in [-0.15, -0.1) is 11.3 Å². The summed E-state index contributed by atoms with van der Waals surface area (Å²) in [6.45, 7) is 6.97. The van der Waals surface area contributed by atoms with Gasteiger partial charge in [0.25, 0.3) is 0 Å². The number of hydrogen-bond donors (Lipinski definition) is 0. The van der Waals surface area contributed by atoms with Crippen LogP contribution < -0.4 is 4.74 Å². The summed E-state index contributed by atoms with van der Waals surface area (Å²) in [5.74, 6) is 0.313. The van der Waals surface area contributed by atoms with Crippen LogP contribution in [0.25, 0.3) is 0 Å². The number of pyridine rings is 1. The Bertz CT molecular complexity index is 1220. The Morgan fingerprint density at radius 2 is 1.97 bits per heavy atom. The molecule has 0 N–H and O–H groups in total. The van der Waals surface area contributed by atoms with Gasteiger partial charge in [0.15, 0.2) is 5.69 Å². The summed E-state index contributed by atoms with van der Waals surface area (Å²) in [7, 11) is 1.60. The van der Waals surface area contributed by atoms with Crippen LogP contribution in [0.3, 0.4) is 0 Å². The Morgan fingerprint density at radius 3 is 2.61 bits per heavy atom. The lowest BCUT2D eigenvalue weighted by atomic mass is 9.99. The number of carbonyl (C=O) groups is 2. The van der Waals surface area contributed by atoms with Gasteiger partial charge < -0.3 is 14.4 Å². The van der Waals surface area contributed by atoms with Crippen molar-refractivity contribution in [2.75, 3.05) is 20.3 Å². The first-order valence-electron chi connectivity index (χ1n) is 12.3. The van der Waals surface area contributed by atoms with E-state index in [1.54, 1.807) is 20.2 Å². The van der Waals surface area contributed by atoms with Crippen molar-refractivity contribution in [3.63, 3.8) is 0 Å². The number of thiazole rings is 1. The zero-order valence-electron chi connectivity index (χ0n) is 21.4. The van der Waals surface area contributed by atoms with E-state index in [2.05, 4.69) is 41.2 Å². The first kappa shape index (κ1) is 25.8. The number of rotatable bonds is 11. The number of esters is 1. The highest BCUT2D eigenvalue weighted by molar-refractivity contribution is 7.11. The van der Waals surface area contributed by atoms with Gasteiger partial charge in [-0.3, -0.25) is 9.78 Å². The summed E-state index contributed by atoms with van der Waals surface area (Å²) in [5, 5.41) is 0.734. The van der Waals surface area contributed by atoms with Crippen molar-refractivity contribution in [1.82, 2.24) is 14.9 Å². The molecule has 0 unspecified atom stereocenters. The Labute approximate surface area is 216 Å². The van der Waals surface area contributed by atoms with E-state index in [-0.39, 0.29) is 5.91 Å². The first-order chi connectivity index (χ1) is 17.4. The van der Waals surface area contributed by atoms with Crippen LogP contribution in [0.1, 0.15) is 63.4 Å². The van der Waals surface area contributed by atoms with Crippen LogP contribution in [-0.4, -0.2) is 47.0 Å². The number of aromatic nitrogens is 2. The third kappa shape index (κ3) is 5.75. The fourth-order valence-corrected chi connectivity index (χ4v) is 5.39. The van der Waals surface area contributed by atoms with Gasteiger partial charge in [0, 0.05) is 11.4 Å². The molecule has 190 valence electrons. The van der Waals surface area contributed by atoms with Gasteiger partial charge in [0.2, 0.25) is 5.91 Å². The van der Waals surface area contributed by atoms with E-state index in [4.69, 9.17) is 9.47 Å². The second-order valence-electron chi connectivity index (χ2n) is 9.22. The molecule has 1 aliphatic rings. The van der Waals surface area contributed by atoms with Crippen LogP contribution in [0.5, 0.6) is 5.75 Å². The summed E-state index contributed by atoms with van der Waals surface area (Å²) in [6, 6.07) is 12.2. The highest BCUT2D eigenvalue weighted by atomic mass is 32.1. The molecule has 4 rings (SSSR count). The van der Waals surface area contributed by atoms with Crippen LogP contribution >= 0.6 is 11.3 Å². The van der Waals surface area contributed by atoms with E-state index in [1.165, 1.54) is 22.5 Å². The molecule has 1 fully saturated rings. The van der Waals surface area contributed by atoms with Crippen LogP contribution in [-0.2, 0) is 27.9 Å². The lowest BCUT2D eigenvalue weighted by Gasteiger charge is -2.27. The topological polar surface area (TPSA) is 81.6 Å². The summed E-state index contributed by atoms with van der Waals surface area (Å²) in [5.41, 5.74) is 3.00. The van der Waals surface area contributed by atoms with E-state index in [1.807, 2.05) is 24.0 Å². The van der Waals surface area contributed by atoms with E-state index in [0.29, 0.717) is 31.1 Å². The second-order valence-corrected chi connectivity index (χ2v) is 10.5. The van der Waals surface area contributed by atoms with Crippen molar-refractivity contribution in [2.24, 2.45) is 0 Å². The average molecular weight is 508 g/mol. The normalized spacial score (nSPS) is 13.8. The number of hydrogen-bond acceptors (Lipinski definition) is 7. The van der Waals surface area contributed by atoms with Crippen molar-refractivity contribution in [2.45, 2.75) is 58.4 Å². The standard InChI is InChI=1S/C28H33N3O4S/c1-5-35-26(32)25-20(3)36-24(30-25)18-31(15-7-10-21-9-6-8-19(2)16-21)27(33)28(13-14-28)23-12-11-22(34-4)17-29-23/h6,8-9,11-12,16-17H,5,7,10,13-15,18H2,1-4H3. The fourth-order valence-electron chi connectivity index (χ4n) is 4.46. The van der Waals surface area contributed by atoms with E-state index in [0.717, 1.165) is 41.3 Å². The lowest BCUT2D eigenvalue weighted by molar-refractivity contribution is -0.134. The summed E-state index contributed by atoms with van der Waals surface area (Å²) < 4.78 is 10.4. The lowest BCUT2D eigenvalue weighted by Crippen LogP contribution is -2.40. The molecule has 0 atom stereocenters. The maximum absolute atomic E-state index is 14.0. The summed E-state index contributed by atoms with van der Waals surface area (Å²) in [4.78, 5) is 38.0. The molecular formula is C28H33N3O4S. The fraction of sp³-hybridized carbons (Fsp3) is 0.429. The Kier molecular flexibility index (Phi) is 8.04. The predicted octanol–water partition coefficient (Wildman–Crippen LogP) is 5.03. The van der Waals surface area contributed by atoms with Crippen molar-refractivity contribution >= 4 is 23.2 Å². The van der Waals surface area contributed by atoms with Gasteiger partial charge in [-0.1, -0.05) is 29.8 Å². The number of amides is 1. The SMILES string of the molecule is CCOC(=O)c1nc(CN(CCCc2cccc(C)c2)C(=O)C2(c3ccc(OC)cn3)CC2)sc1C. The van der Waals surface area contributed by atoms with Gasteiger partial charge in [-0.25, -0.2) is 9.78 Å². The maximum atomic E-state index is 14.0. The number of methoxy groups -OCH3 is 1. The number of nitrogens with zero attached hydrogens (tertiary/aromatic N) is 3. The zero-order valence-corrected chi connectivity index (χ0v) is 22.2. The summed E-state index contributed by atoms with van der Waals surface area (Å²) in [6.07, 6.45) is 4.91. The summed E-state index contributed by atoms with van der Waals surface area (Å²) >= 11 is 1.44. The molecule has 3 aromatic rings. The van der Waals surface area contributed by atoms with Gasteiger partial charge in [0.05, 0.1) is 37.6 Å². The van der Waals surface area contributed by atoms with Crippen molar-refractivity contribution in [1.29, 1.82) is 0 Å². The Hall–Kier alpha value is -3.26. The van der Waals surface area contributed by atoms with Gasteiger partial charge in [-0.05, 0) is 64.2 Å². The third-order valence-corrected chi connectivity index (χ3v) is 7.48. The molecule has 0 bridgehead atoms. The number of carbonyl (C=O) groups excluding carboxylic acids is 2. The van der Waals surface area contributed by atoms with Gasteiger partial charge in [-0.2, -0.15) is 0 Å². The molecule has 1 aliphatic carbocycles. The molecular weight excluding hydrogens is 474 g/mol. The molecule has 0 spiro atoms. The largest absolute Gasteiger partial charge is 0.495 e. The zero-order chi connectivity index (χ0) is 25.7. The van der Waals surface area contributed by atoms with Gasteiger partial charge >= 0.3 is 5.97 Å². The van der Waals surface area contributed by atoms with Crippen LogP contribution in [0, 0.1) is 13.8 Å². The monoisotopic (exact) mass is 507 g/mol. The molecule has 2 aromatic heterocycles. The molecule has 1 saturated carbocycles. The van der Waals surface area contributed by atoms with Crippen molar-refractivity contribution in [3.05, 3.63) is 75.0 Å². The minimum Gasteiger partial charge on any atom is -0.495 e. The third-order valence-electron chi connectivity index (χ3n) is 6.52. The van der Waals surface area contributed by atoms with Crippen molar-refractivity contribution < 1.29 is 19.1 Å². The maximum Gasteiger partial charge on any atom is 0.358 e. The van der Waals surface area contributed by atoms with Gasteiger partial charge in [0.1, 0.15) is 10.8 Å². The highest BCUT2D eigenvalue weighted by Gasteiger charge is 2.54. The molecule has 1 amide bonds. The van der Waals surface area contributed by atoms with E-state index >= 15 is 0 Å². The molecule has 7 nitrogen and oxygen atoms in total. The molecule has 36 heavy (non-hydrogen) atoms. The molecule has 0 aliphatic heterocycles. The van der Waals surface area contributed by atoms with Crippen molar-refractivity contribution in [3.8, 4) is 5.75 Å². The van der Waals surface area contributed by atoms with Crippen LogP contribution in [0.4, 0.5) is 0 Å². The van der Waals surface area contributed by atoms with Crippen LogP contribution in [0.2, 0.25) is 0 Å². The van der Waals surface area contributed by atoms with E-state index in [9.17, 15) is 9.59 Å². The number of ether oxygens (including phenoxy) is 2. The number of benzene rings is 1. The quantitative estimate of drug-likeness (QED) is 0.339. The Balaban J connectivity index is 1.55. The minimum absolute atomic E-state index is 0.0648. The predicted molar refractivity (Wildman–Crippen MR) is 139 cm³/mol. The molecule has 8 heteroatoms. The highest BCUT2D eigenvalue weighted by Crippen LogP contribution is 2.49. The average Bonchev–Trinajstić information content (AvgIpc) is 3.60. The second kappa shape index (κ2) is 11.2. The van der Waals surface area contributed by atoms with E-state index < -0.39 is 11.4 Å². The Morgan fingerprint density at radius 1 is 1.17 bits per heavy atom. The number of aryl methyl sites for hydroxylation is 3. The molecule has 2 heterocycles. The van der Waals surface area contributed by atoms with Crippen LogP contribution in [0.15, 0.2) is 42.6 Å². The molecule has 1 aromatic carbocycles. The minimum atomic E-state index is -0.605.